The molecule has 5 aromatic rings. The number of rotatable bonds is 0. The van der Waals surface area contributed by atoms with Gasteiger partial charge in [0.15, 0.2) is 13.2 Å². The number of hydrogen-bond donors (Lipinski definition) is 6. The second-order valence-corrected chi connectivity index (χ2v) is 25.6. The molecule has 12 heteroatoms. The topological polar surface area (TPSA) is 175 Å². The molecule has 2 heterocycles. The van der Waals surface area contributed by atoms with Crippen molar-refractivity contribution in [2.75, 3.05) is 23.8 Å². The average Bonchev–Trinajstić information content (AvgIpc) is 3.26. The first kappa shape index (κ1) is 54.9. The van der Waals surface area contributed by atoms with Crippen molar-refractivity contribution in [3.8, 4) is 23.0 Å². The molecular weight excluding hydrogens is 929 g/mol. The predicted octanol–water partition coefficient (Wildman–Crippen LogP) is 11.1. The molecule has 394 valence electrons. The van der Waals surface area contributed by atoms with Gasteiger partial charge in [0.1, 0.15) is 34.1 Å². The number of amides is 4. The van der Waals surface area contributed by atoms with Crippen molar-refractivity contribution in [1.29, 1.82) is 0 Å². The van der Waals surface area contributed by atoms with Gasteiger partial charge in [-0.1, -0.05) is 144 Å². The van der Waals surface area contributed by atoms with Gasteiger partial charge in [0.2, 0.25) is 11.8 Å². The quantitative estimate of drug-likeness (QED) is 0.0815. The van der Waals surface area contributed by atoms with E-state index in [2.05, 4.69) is 129 Å². The SMILES string of the molecule is CC1(C)NC(=O)COc2c3cc(C(C)(C)C)cc2Cc2cc(C(C)(C)C)cc(c2O)Cc2cc(C(C)(C)C)cc(c2OCC(=O)NC(C)(C)C(=O)Nc2ccccc2NC1=O)Cc1cc(C(C)(C)C)cc(c1O)C3. The number of hydrogen-bond acceptors (Lipinski definition) is 8. The number of ether oxygens (including phenoxy) is 2. The van der Waals surface area contributed by atoms with Crippen molar-refractivity contribution >= 4 is 35.0 Å². The first-order valence-electron chi connectivity index (χ1n) is 25.7. The second kappa shape index (κ2) is 19.8. The van der Waals surface area contributed by atoms with Crippen LogP contribution in [0.1, 0.15) is 178 Å². The van der Waals surface area contributed by atoms with Crippen molar-refractivity contribution in [3.63, 3.8) is 0 Å². The van der Waals surface area contributed by atoms with Gasteiger partial charge in [0.25, 0.3) is 11.8 Å². The molecule has 0 aromatic heterocycles. The molecule has 0 spiro atoms. The Bertz CT molecular complexity index is 2740. The van der Waals surface area contributed by atoms with Gasteiger partial charge < -0.3 is 41.0 Å². The number of benzene rings is 5. The van der Waals surface area contributed by atoms with E-state index in [-0.39, 0.29) is 70.2 Å². The van der Waals surface area contributed by atoms with Crippen molar-refractivity contribution in [1.82, 2.24) is 10.6 Å². The molecule has 12 nitrogen and oxygen atoms in total. The number of carbonyl (C=O) groups excluding carboxylic acids is 4. The van der Waals surface area contributed by atoms with Crippen molar-refractivity contribution < 1.29 is 38.9 Å². The molecule has 74 heavy (non-hydrogen) atoms. The maximum absolute atomic E-state index is 14.2. The summed E-state index contributed by atoms with van der Waals surface area (Å²) in [5, 5.41) is 36.8. The van der Waals surface area contributed by atoms with Crippen LogP contribution in [-0.4, -0.2) is 58.1 Å². The second-order valence-electron chi connectivity index (χ2n) is 25.6. The smallest absolute Gasteiger partial charge is 0.258 e. The Morgan fingerprint density at radius 3 is 0.905 bits per heavy atom. The maximum atomic E-state index is 14.2. The Morgan fingerprint density at radius 1 is 0.419 bits per heavy atom. The van der Waals surface area contributed by atoms with Gasteiger partial charge in [-0.15, -0.1) is 0 Å². The summed E-state index contributed by atoms with van der Waals surface area (Å²) in [6, 6.07) is 23.2. The Hall–Kier alpha value is -6.82. The molecule has 2 aliphatic heterocycles. The number of phenols is 2. The zero-order valence-electron chi connectivity index (χ0n) is 46.5. The molecule has 6 N–H and O–H groups in total. The fourth-order valence-corrected chi connectivity index (χ4v) is 9.43. The van der Waals surface area contributed by atoms with Gasteiger partial charge in [-0.05, 0) is 128 Å². The number of phenolic OH excluding ortho intramolecular Hbond substituents is 2. The first-order chi connectivity index (χ1) is 34.1. The van der Waals surface area contributed by atoms with Crippen LogP contribution in [0.25, 0.3) is 0 Å². The largest absolute Gasteiger partial charge is 0.507 e. The van der Waals surface area contributed by atoms with E-state index in [0.717, 1.165) is 44.5 Å². The fourth-order valence-electron chi connectivity index (χ4n) is 9.43. The first-order valence-corrected chi connectivity index (χ1v) is 25.7. The lowest BCUT2D eigenvalue weighted by molar-refractivity contribution is -0.130. The van der Waals surface area contributed by atoms with Crippen molar-refractivity contribution in [3.05, 3.63) is 140 Å². The van der Waals surface area contributed by atoms with E-state index >= 15 is 0 Å². The van der Waals surface area contributed by atoms with E-state index in [4.69, 9.17) is 9.47 Å². The van der Waals surface area contributed by atoms with Gasteiger partial charge in [0, 0.05) is 25.7 Å². The summed E-state index contributed by atoms with van der Waals surface area (Å²) in [4.78, 5) is 56.5. The minimum Gasteiger partial charge on any atom is -0.507 e. The Morgan fingerprint density at radius 2 is 0.662 bits per heavy atom. The number of fused-ring (bicyclic) bond motifs is 12. The molecule has 0 radical (unpaired) electrons. The Balaban J connectivity index is 1.56. The highest BCUT2D eigenvalue weighted by molar-refractivity contribution is 6.06. The highest BCUT2D eigenvalue weighted by Crippen LogP contribution is 2.44. The summed E-state index contributed by atoms with van der Waals surface area (Å²) in [7, 11) is 0. The zero-order valence-corrected chi connectivity index (χ0v) is 46.5. The molecule has 0 saturated heterocycles. The monoisotopic (exact) mass is 1010 g/mol. The molecule has 5 aromatic carbocycles. The highest BCUT2D eigenvalue weighted by Gasteiger charge is 2.35. The standard InChI is InChI=1S/C62H78N4O8/c1-57(2,3)43-25-35-21-39-29-45(59(7,8)9)31-41-23-37-27-44(58(4,5)6)28-38(52(37)70)24-42-32-46(60(10,11)12)30-40(22-36(26-43)51(35)69)54(42)74-34-50(68)66-62(15,16)56(72)64-48-20-18-17-19-47(48)63-55(71)61(13,14)65-49(67)33-73-53(39)41/h17-20,25-32,69-70H,21-24,33-34H2,1-16H3,(H,63,71)(H,64,72)(H,65,67)(H,66,68). The summed E-state index contributed by atoms with van der Waals surface area (Å²) in [6.07, 6.45) is 0.843. The summed E-state index contributed by atoms with van der Waals surface area (Å²) >= 11 is 0. The fraction of sp³-hybridized carbons (Fsp3) is 0.452. The van der Waals surface area contributed by atoms with E-state index < -0.39 is 47.9 Å². The lowest BCUT2D eigenvalue weighted by Crippen LogP contribution is -2.54. The van der Waals surface area contributed by atoms with Crippen LogP contribution < -0.4 is 30.7 Å². The third-order valence-corrected chi connectivity index (χ3v) is 14.2. The molecule has 0 atom stereocenters. The lowest BCUT2D eigenvalue weighted by atomic mass is 9.79. The molecule has 0 unspecified atom stereocenters. The van der Waals surface area contributed by atoms with Gasteiger partial charge in [-0.25, -0.2) is 0 Å². The minimum absolute atomic E-state index is 0.0904. The summed E-state index contributed by atoms with van der Waals surface area (Å²) in [6.45, 7) is 31.0. The molecule has 3 aliphatic rings. The molecular formula is C62H78N4O8. The van der Waals surface area contributed by atoms with E-state index in [1.165, 1.54) is 0 Å². The van der Waals surface area contributed by atoms with Crippen LogP contribution in [-0.2, 0) is 66.5 Å². The normalized spacial score (nSPS) is 16.9. The third-order valence-electron chi connectivity index (χ3n) is 14.2. The number of para-hydroxylation sites is 2. The van der Waals surface area contributed by atoms with Gasteiger partial charge >= 0.3 is 0 Å². The van der Waals surface area contributed by atoms with Crippen LogP contribution >= 0.6 is 0 Å². The molecule has 4 amide bonds. The van der Waals surface area contributed by atoms with E-state index in [0.29, 0.717) is 33.8 Å². The Labute approximate surface area is 438 Å². The highest BCUT2D eigenvalue weighted by atomic mass is 16.5. The zero-order chi connectivity index (χ0) is 54.7. The van der Waals surface area contributed by atoms with E-state index in [9.17, 15) is 29.4 Å². The van der Waals surface area contributed by atoms with Crippen LogP contribution in [0.3, 0.4) is 0 Å². The van der Waals surface area contributed by atoms with Crippen molar-refractivity contribution in [2.45, 2.75) is 169 Å². The van der Waals surface area contributed by atoms with Crippen LogP contribution in [0.4, 0.5) is 11.4 Å². The number of aromatic hydroxyl groups is 2. The molecule has 0 fully saturated rings. The molecule has 0 saturated carbocycles. The summed E-state index contributed by atoms with van der Waals surface area (Å²) in [5.41, 5.74) is 5.64. The summed E-state index contributed by atoms with van der Waals surface area (Å²) in [5.74, 6) is -1.22. The van der Waals surface area contributed by atoms with Gasteiger partial charge in [0.05, 0.1) is 11.4 Å². The number of anilines is 2. The van der Waals surface area contributed by atoms with Crippen molar-refractivity contribution in [2.24, 2.45) is 0 Å². The maximum Gasteiger partial charge on any atom is 0.258 e. The number of carbonyl (C=O) groups is 4. The van der Waals surface area contributed by atoms with Crippen LogP contribution in [0.15, 0.2) is 72.8 Å². The van der Waals surface area contributed by atoms with Crippen LogP contribution in [0, 0.1) is 0 Å². The van der Waals surface area contributed by atoms with Gasteiger partial charge in [-0.3, -0.25) is 19.2 Å². The summed E-state index contributed by atoms with van der Waals surface area (Å²) < 4.78 is 13.5. The predicted molar refractivity (Wildman–Crippen MR) is 294 cm³/mol. The minimum atomic E-state index is -1.47. The average molecular weight is 1010 g/mol. The van der Waals surface area contributed by atoms with Crippen LogP contribution in [0.2, 0.25) is 0 Å². The lowest BCUT2D eigenvalue weighted by Gasteiger charge is -2.28. The van der Waals surface area contributed by atoms with Gasteiger partial charge in [-0.2, -0.15) is 0 Å². The Kier molecular flexibility index (Phi) is 14.7. The third kappa shape index (κ3) is 12.2. The van der Waals surface area contributed by atoms with Crippen LogP contribution in [0.5, 0.6) is 23.0 Å². The number of nitrogens with one attached hydrogen (secondary N) is 4. The van der Waals surface area contributed by atoms with E-state index in [1.807, 2.05) is 24.3 Å². The molecule has 8 rings (SSSR count). The molecule has 1 aliphatic carbocycles. The molecule has 10 bridgehead atoms. The van der Waals surface area contributed by atoms with E-state index in [1.54, 1.807) is 52.0 Å².